The minimum atomic E-state index is -0.704. The van der Waals surface area contributed by atoms with Crippen molar-refractivity contribution in [1.29, 1.82) is 0 Å². The lowest BCUT2D eigenvalue weighted by atomic mass is 9.98. The van der Waals surface area contributed by atoms with Crippen molar-refractivity contribution in [2.45, 2.75) is 39.2 Å². The lowest BCUT2D eigenvalue weighted by molar-refractivity contribution is 0.0164. The van der Waals surface area contributed by atoms with Crippen LogP contribution >= 0.6 is 0 Å². The molecule has 9 heteroatoms. The van der Waals surface area contributed by atoms with Gasteiger partial charge in [-0.3, -0.25) is 0 Å². The summed E-state index contributed by atoms with van der Waals surface area (Å²) in [6.07, 6.45) is 3.62. The van der Waals surface area contributed by atoms with E-state index in [-0.39, 0.29) is 29.0 Å². The van der Waals surface area contributed by atoms with Crippen molar-refractivity contribution in [1.82, 2.24) is 9.88 Å². The highest BCUT2D eigenvalue weighted by Crippen LogP contribution is 2.27. The minimum Gasteiger partial charge on any atom is -0.492 e. The number of likely N-dealkylation sites (tertiary alicyclic amines) is 1. The van der Waals surface area contributed by atoms with Crippen LogP contribution in [-0.4, -0.2) is 52.7 Å². The molecular formula is C23H27F2N3O4. The zero-order chi connectivity index (χ0) is 23.3. The third kappa shape index (κ3) is 6.15. The van der Waals surface area contributed by atoms with E-state index in [9.17, 15) is 13.6 Å². The number of ether oxygens (including phenoxy) is 2. The number of hydrogen-bond acceptors (Lipinski definition) is 6. The molecule has 2 aromatic rings. The number of halogens is 2. The number of oxime groups is 1. The topological polar surface area (TPSA) is 84.2 Å². The fraction of sp³-hybridized carbons (Fsp3) is 0.435. The number of carbonyl (C=O) groups excluding carboxylic acids is 1. The van der Waals surface area contributed by atoms with Crippen molar-refractivity contribution in [3.63, 3.8) is 0 Å². The Hall–Kier alpha value is -3.23. The highest BCUT2D eigenvalue weighted by Gasteiger charge is 2.27. The van der Waals surface area contributed by atoms with E-state index < -0.39 is 17.2 Å². The molecule has 32 heavy (non-hydrogen) atoms. The van der Waals surface area contributed by atoms with Gasteiger partial charge in [-0.05, 0) is 57.2 Å². The highest BCUT2D eigenvalue weighted by molar-refractivity contribution is 5.80. The average molecular weight is 447 g/mol. The Morgan fingerprint density at radius 2 is 1.97 bits per heavy atom. The maximum absolute atomic E-state index is 14.6. The van der Waals surface area contributed by atoms with Gasteiger partial charge in [0.05, 0.1) is 19.0 Å². The smallest absolute Gasteiger partial charge is 0.410 e. The van der Waals surface area contributed by atoms with Gasteiger partial charge < -0.3 is 19.6 Å². The fourth-order valence-electron chi connectivity index (χ4n) is 3.39. The van der Waals surface area contributed by atoms with Crippen molar-refractivity contribution in [2.75, 3.05) is 19.7 Å². The van der Waals surface area contributed by atoms with Crippen LogP contribution in [0.4, 0.5) is 13.6 Å². The quantitative estimate of drug-likeness (QED) is 0.402. The highest BCUT2D eigenvalue weighted by atomic mass is 19.1. The van der Waals surface area contributed by atoms with Gasteiger partial charge in [-0.15, -0.1) is 0 Å². The molecule has 0 saturated carbocycles. The lowest BCUT2D eigenvalue weighted by Gasteiger charge is -2.33. The molecular weight excluding hydrogens is 420 g/mol. The molecule has 7 nitrogen and oxygen atoms in total. The molecule has 1 aliphatic rings. The van der Waals surface area contributed by atoms with Gasteiger partial charge in [0.25, 0.3) is 0 Å². The Labute approximate surface area is 185 Å². The van der Waals surface area contributed by atoms with E-state index in [0.29, 0.717) is 25.3 Å². The van der Waals surface area contributed by atoms with E-state index in [2.05, 4.69) is 10.1 Å². The van der Waals surface area contributed by atoms with Crippen molar-refractivity contribution < 1.29 is 28.3 Å². The second kappa shape index (κ2) is 9.93. The molecule has 1 amide bonds. The largest absolute Gasteiger partial charge is 0.492 e. The van der Waals surface area contributed by atoms with Crippen molar-refractivity contribution in [3.05, 3.63) is 47.7 Å². The second-order valence-corrected chi connectivity index (χ2v) is 8.71. The first-order chi connectivity index (χ1) is 15.2. The average Bonchev–Trinajstić information content (AvgIpc) is 2.72. The number of pyridine rings is 1. The second-order valence-electron chi connectivity index (χ2n) is 8.71. The van der Waals surface area contributed by atoms with E-state index >= 15 is 0 Å². The normalized spacial score (nSPS) is 15.2. The Balaban J connectivity index is 1.55. The fourth-order valence-corrected chi connectivity index (χ4v) is 3.39. The molecule has 2 heterocycles. The van der Waals surface area contributed by atoms with E-state index in [1.54, 1.807) is 4.90 Å². The molecule has 0 unspecified atom stereocenters. The van der Waals surface area contributed by atoms with E-state index in [1.807, 2.05) is 20.8 Å². The summed E-state index contributed by atoms with van der Waals surface area (Å²) in [5.74, 6) is -0.913. The van der Waals surface area contributed by atoms with E-state index in [1.165, 1.54) is 24.4 Å². The number of amides is 1. The van der Waals surface area contributed by atoms with Gasteiger partial charge in [-0.2, -0.15) is 0 Å². The zero-order valence-corrected chi connectivity index (χ0v) is 18.3. The molecule has 1 aromatic heterocycles. The number of aromatic nitrogens is 1. The van der Waals surface area contributed by atoms with Crippen LogP contribution in [0.2, 0.25) is 0 Å². The summed E-state index contributed by atoms with van der Waals surface area (Å²) < 4.78 is 40.0. The number of nitrogens with zero attached hydrogens (tertiary/aromatic N) is 3. The van der Waals surface area contributed by atoms with Crippen LogP contribution in [0.25, 0.3) is 11.3 Å². The van der Waals surface area contributed by atoms with Crippen LogP contribution in [0.5, 0.6) is 5.75 Å². The number of hydrogen-bond donors (Lipinski definition) is 1. The number of piperidine rings is 1. The monoisotopic (exact) mass is 447 g/mol. The molecule has 1 aromatic carbocycles. The molecule has 0 aliphatic carbocycles. The molecule has 0 atom stereocenters. The standard InChI is InChI=1S/C23H27F2N3O4/c1-23(2,3)32-22(29)28-8-6-15(7-9-28)14-31-17-11-20(25)21(26-13-17)18-5-4-16(12-27-30)10-19(18)24/h4-5,10-13,15,30H,6-9,14H2,1-3H3/b27-12+. The Morgan fingerprint density at radius 3 is 2.56 bits per heavy atom. The molecule has 1 N–H and O–H groups in total. The SMILES string of the molecule is CC(C)(C)OC(=O)N1CCC(COc2cnc(-c3ccc(/C=N/O)cc3F)c(F)c2)CC1. The third-order valence-electron chi connectivity index (χ3n) is 5.02. The first-order valence-electron chi connectivity index (χ1n) is 10.4. The Kier molecular flexibility index (Phi) is 7.27. The number of rotatable bonds is 5. The maximum atomic E-state index is 14.6. The number of benzene rings is 1. The summed E-state index contributed by atoms with van der Waals surface area (Å²) in [6.45, 7) is 7.01. The molecule has 3 rings (SSSR count). The molecule has 1 saturated heterocycles. The van der Waals surface area contributed by atoms with Crippen LogP contribution in [0.15, 0.2) is 35.6 Å². The minimum absolute atomic E-state index is 0.00125. The molecule has 0 spiro atoms. The van der Waals surface area contributed by atoms with Crippen molar-refractivity contribution in [3.8, 4) is 17.0 Å². The number of carbonyl (C=O) groups is 1. The van der Waals surface area contributed by atoms with Gasteiger partial charge in [-0.1, -0.05) is 11.2 Å². The van der Waals surface area contributed by atoms with Crippen LogP contribution in [0.1, 0.15) is 39.2 Å². The summed E-state index contributed by atoms with van der Waals surface area (Å²) >= 11 is 0. The predicted molar refractivity (Wildman–Crippen MR) is 115 cm³/mol. The van der Waals surface area contributed by atoms with Crippen LogP contribution in [0, 0.1) is 17.6 Å². The maximum Gasteiger partial charge on any atom is 0.410 e. The molecule has 1 fully saturated rings. The van der Waals surface area contributed by atoms with Gasteiger partial charge in [-0.25, -0.2) is 18.6 Å². The van der Waals surface area contributed by atoms with Crippen molar-refractivity contribution in [2.24, 2.45) is 11.1 Å². The lowest BCUT2D eigenvalue weighted by Crippen LogP contribution is -2.42. The zero-order valence-electron chi connectivity index (χ0n) is 18.3. The van der Waals surface area contributed by atoms with Crippen LogP contribution in [0.3, 0.4) is 0 Å². The Bertz CT molecular complexity index is 984. The van der Waals surface area contributed by atoms with Gasteiger partial charge in [0, 0.05) is 24.7 Å². The third-order valence-corrected chi connectivity index (χ3v) is 5.02. The Morgan fingerprint density at radius 1 is 1.25 bits per heavy atom. The summed E-state index contributed by atoms with van der Waals surface area (Å²) in [5, 5.41) is 11.4. The first-order valence-corrected chi connectivity index (χ1v) is 10.4. The molecule has 172 valence electrons. The summed E-state index contributed by atoms with van der Waals surface area (Å²) in [6, 6.07) is 5.18. The van der Waals surface area contributed by atoms with Gasteiger partial charge in [0.1, 0.15) is 22.9 Å². The van der Waals surface area contributed by atoms with Crippen LogP contribution in [-0.2, 0) is 4.74 Å². The van der Waals surface area contributed by atoms with Gasteiger partial charge in [0.15, 0.2) is 5.82 Å². The van der Waals surface area contributed by atoms with E-state index in [0.717, 1.165) is 25.1 Å². The van der Waals surface area contributed by atoms with Gasteiger partial charge >= 0.3 is 6.09 Å². The first kappa shape index (κ1) is 23.4. The van der Waals surface area contributed by atoms with Crippen LogP contribution < -0.4 is 4.74 Å². The van der Waals surface area contributed by atoms with Crippen molar-refractivity contribution >= 4 is 12.3 Å². The predicted octanol–water partition coefficient (Wildman–Crippen LogP) is 4.86. The molecule has 0 radical (unpaired) electrons. The van der Waals surface area contributed by atoms with E-state index in [4.69, 9.17) is 14.7 Å². The summed E-state index contributed by atoms with van der Waals surface area (Å²) in [4.78, 5) is 17.8. The summed E-state index contributed by atoms with van der Waals surface area (Å²) in [7, 11) is 0. The molecule has 1 aliphatic heterocycles. The molecule has 0 bridgehead atoms. The summed E-state index contributed by atoms with van der Waals surface area (Å²) in [5.41, 5.74) is -0.322. The van der Waals surface area contributed by atoms with Gasteiger partial charge in [0.2, 0.25) is 0 Å².